The lowest BCUT2D eigenvalue weighted by atomic mass is 9.79. The van der Waals surface area contributed by atoms with E-state index < -0.39 is 17.7 Å². The second-order valence-corrected chi connectivity index (χ2v) is 6.18. The van der Waals surface area contributed by atoms with Gasteiger partial charge in [0.1, 0.15) is 6.29 Å². The summed E-state index contributed by atoms with van der Waals surface area (Å²) in [5.41, 5.74) is 2.39. The van der Waals surface area contributed by atoms with Crippen molar-refractivity contribution in [1.29, 1.82) is 0 Å². The number of fused-ring (bicyclic) bond motifs is 1. The second-order valence-electron chi connectivity index (χ2n) is 5.77. The van der Waals surface area contributed by atoms with Gasteiger partial charge in [-0.15, -0.1) is 0 Å². The maximum absolute atomic E-state index is 13.0. The highest BCUT2D eigenvalue weighted by molar-refractivity contribution is 6.31. The van der Waals surface area contributed by atoms with Crippen LogP contribution in [0.1, 0.15) is 34.6 Å². The van der Waals surface area contributed by atoms with Gasteiger partial charge in [0.15, 0.2) is 0 Å². The Morgan fingerprint density at radius 3 is 2.54 bits per heavy atom. The lowest BCUT2D eigenvalue weighted by Gasteiger charge is -2.24. The van der Waals surface area contributed by atoms with E-state index in [0.29, 0.717) is 12.0 Å². The van der Waals surface area contributed by atoms with E-state index in [1.54, 1.807) is 6.08 Å². The van der Waals surface area contributed by atoms with Gasteiger partial charge in [0.2, 0.25) is 0 Å². The van der Waals surface area contributed by atoms with Crippen LogP contribution in [-0.2, 0) is 17.4 Å². The van der Waals surface area contributed by atoms with Gasteiger partial charge in [-0.05, 0) is 41.7 Å². The smallest absolute Gasteiger partial charge is 0.302 e. The molecule has 0 radical (unpaired) electrons. The van der Waals surface area contributed by atoms with Crippen molar-refractivity contribution < 1.29 is 18.0 Å². The van der Waals surface area contributed by atoms with E-state index in [9.17, 15) is 18.0 Å². The number of halogens is 4. The lowest BCUT2D eigenvalue weighted by molar-refractivity contribution is -0.137. The molecule has 0 saturated carbocycles. The van der Waals surface area contributed by atoms with E-state index in [0.717, 1.165) is 35.5 Å². The van der Waals surface area contributed by atoms with Crippen molar-refractivity contribution in [3.8, 4) is 0 Å². The van der Waals surface area contributed by atoms with E-state index in [-0.39, 0.29) is 5.02 Å². The zero-order valence-corrected chi connectivity index (χ0v) is 13.4. The van der Waals surface area contributed by atoms with Crippen LogP contribution in [0.5, 0.6) is 0 Å². The molecule has 0 N–H and O–H groups in total. The summed E-state index contributed by atoms with van der Waals surface area (Å²) in [5.74, 6) is -0.417. The molecule has 1 aliphatic rings. The molecule has 0 spiro atoms. The third kappa shape index (κ3) is 3.24. The number of allylic oxidation sites excluding steroid dienone is 1. The van der Waals surface area contributed by atoms with Crippen molar-refractivity contribution >= 4 is 24.0 Å². The van der Waals surface area contributed by atoms with Crippen LogP contribution in [0.25, 0.3) is 6.08 Å². The van der Waals surface area contributed by atoms with Crippen LogP contribution < -0.4 is 0 Å². The molecule has 1 nitrogen and oxygen atoms in total. The third-order valence-electron chi connectivity index (χ3n) is 4.26. The number of alkyl halides is 3. The van der Waals surface area contributed by atoms with Crippen molar-refractivity contribution in [3.63, 3.8) is 0 Å². The molecule has 5 heteroatoms. The number of hydrogen-bond donors (Lipinski definition) is 0. The van der Waals surface area contributed by atoms with Crippen LogP contribution in [0.4, 0.5) is 13.2 Å². The van der Waals surface area contributed by atoms with Gasteiger partial charge in [-0.3, -0.25) is 0 Å². The minimum absolute atomic E-state index is 0.328. The summed E-state index contributed by atoms with van der Waals surface area (Å²) >= 11 is 5.65. The van der Waals surface area contributed by atoms with E-state index in [2.05, 4.69) is 0 Å². The molecule has 24 heavy (non-hydrogen) atoms. The summed E-state index contributed by atoms with van der Waals surface area (Å²) in [7, 11) is 0. The molecule has 0 bridgehead atoms. The number of benzene rings is 2. The van der Waals surface area contributed by atoms with Gasteiger partial charge in [0.05, 0.1) is 16.5 Å². The molecule has 0 fully saturated rings. The molecular formula is C19H14ClF3O. The van der Waals surface area contributed by atoms with Crippen molar-refractivity contribution in [2.75, 3.05) is 0 Å². The van der Waals surface area contributed by atoms with Crippen LogP contribution in [0.2, 0.25) is 5.02 Å². The molecule has 1 unspecified atom stereocenters. The minimum atomic E-state index is -4.51. The fourth-order valence-electron chi connectivity index (χ4n) is 3.09. The number of rotatable bonds is 2. The average Bonchev–Trinajstić information content (AvgIpc) is 2.55. The Kier molecular flexibility index (Phi) is 4.50. The molecule has 1 aliphatic carbocycles. The normalized spacial score (nSPS) is 19.2. The van der Waals surface area contributed by atoms with Gasteiger partial charge in [-0.25, -0.2) is 0 Å². The van der Waals surface area contributed by atoms with Gasteiger partial charge < -0.3 is 4.79 Å². The first-order valence-corrected chi connectivity index (χ1v) is 7.88. The zero-order chi connectivity index (χ0) is 17.3. The van der Waals surface area contributed by atoms with Crippen LogP contribution >= 0.6 is 11.6 Å². The Morgan fingerprint density at radius 1 is 1.08 bits per heavy atom. The highest BCUT2D eigenvalue weighted by Gasteiger charge is 2.33. The predicted molar refractivity (Wildman–Crippen MR) is 88.0 cm³/mol. The van der Waals surface area contributed by atoms with Crippen molar-refractivity contribution in [1.82, 2.24) is 0 Å². The largest absolute Gasteiger partial charge is 0.417 e. The first kappa shape index (κ1) is 16.8. The highest BCUT2D eigenvalue weighted by atomic mass is 35.5. The second kappa shape index (κ2) is 6.44. The van der Waals surface area contributed by atoms with Crippen molar-refractivity contribution in [3.05, 3.63) is 75.3 Å². The van der Waals surface area contributed by atoms with Gasteiger partial charge in [0.25, 0.3) is 0 Å². The summed E-state index contributed by atoms with van der Waals surface area (Å²) < 4.78 is 39.0. The van der Waals surface area contributed by atoms with Gasteiger partial charge >= 0.3 is 6.18 Å². The molecular weight excluding hydrogens is 337 g/mol. The average molecular weight is 351 g/mol. The molecule has 1 atom stereocenters. The number of carbonyl (C=O) groups excluding carboxylic acids is 1. The molecule has 0 amide bonds. The van der Waals surface area contributed by atoms with Crippen LogP contribution in [0.15, 0.2) is 48.0 Å². The number of hydrogen-bond acceptors (Lipinski definition) is 1. The van der Waals surface area contributed by atoms with E-state index in [1.807, 2.05) is 24.3 Å². The SMILES string of the molecule is O=CC1C(=Cc2ccc(Cl)c(C(F)(F)F)c2)CCc2ccccc21. The maximum Gasteiger partial charge on any atom is 0.417 e. The number of carbonyl (C=O) groups is 1. The summed E-state index contributed by atoms with van der Waals surface area (Å²) in [5, 5.41) is -0.328. The van der Waals surface area contributed by atoms with E-state index >= 15 is 0 Å². The van der Waals surface area contributed by atoms with Crippen molar-refractivity contribution in [2.45, 2.75) is 24.9 Å². The minimum Gasteiger partial charge on any atom is -0.302 e. The summed E-state index contributed by atoms with van der Waals surface area (Å²) in [6.07, 6.45) is -0.573. The fourth-order valence-corrected chi connectivity index (χ4v) is 3.31. The number of aldehydes is 1. The van der Waals surface area contributed by atoms with Crippen LogP contribution in [0, 0.1) is 0 Å². The molecule has 2 aromatic rings. The molecule has 3 rings (SSSR count). The van der Waals surface area contributed by atoms with E-state index in [1.165, 1.54) is 12.1 Å². The quantitative estimate of drug-likeness (QED) is 0.638. The standard InChI is InChI=1S/C19H14ClF3O/c20-18-8-5-12(10-17(18)19(21,22)23)9-14-7-6-13-3-1-2-4-15(13)16(14)11-24/h1-5,8-11,16H,6-7H2. The molecule has 0 aliphatic heterocycles. The molecule has 124 valence electrons. The molecule has 2 aromatic carbocycles. The monoisotopic (exact) mass is 350 g/mol. The topological polar surface area (TPSA) is 17.1 Å². The lowest BCUT2D eigenvalue weighted by Crippen LogP contribution is -2.14. The van der Waals surface area contributed by atoms with Crippen molar-refractivity contribution in [2.24, 2.45) is 0 Å². The number of aryl methyl sites for hydroxylation is 1. The van der Waals surface area contributed by atoms with Crippen LogP contribution in [0.3, 0.4) is 0 Å². The molecule has 0 heterocycles. The van der Waals surface area contributed by atoms with Gasteiger partial charge in [-0.2, -0.15) is 13.2 Å². The Balaban J connectivity index is 2.02. The first-order valence-electron chi connectivity index (χ1n) is 7.50. The Hall–Kier alpha value is -2.07. The summed E-state index contributed by atoms with van der Waals surface area (Å²) in [4.78, 5) is 11.6. The first-order chi connectivity index (χ1) is 11.4. The Bertz CT molecular complexity index is 808. The van der Waals surface area contributed by atoms with Crippen LogP contribution in [-0.4, -0.2) is 6.29 Å². The summed E-state index contributed by atoms with van der Waals surface area (Å²) in [6.45, 7) is 0. The Labute approximate surface area is 142 Å². The molecule has 0 aromatic heterocycles. The van der Waals surface area contributed by atoms with Gasteiger partial charge in [0, 0.05) is 0 Å². The molecule has 0 saturated heterocycles. The zero-order valence-electron chi connectivity index (χ0n) is 12.6. The third-order valence-corrected chi connectivity index (χ3v) is 4.59. The van der Waals surface area contributed by atoms with Gasteiger partial charge in [-0.1, -0.05) is 53.6 Å². The highest BCUT2D eigenvalue weighted by Crippen LogP contribution is 2.38. The maximum atomic E-state index is 13.0. The van der Waals surface area contributed by atoms with E-state index in [4.69, 9.17) is 11.6 Å². The predicted octanol–water partition coefficient (Wildman–Crippen LogP) is 5.67. The summed E-state index contributed by atoms with van der Waals surface area (Å²) in [6, 6.07) is 11.5. The fraction of sp³-hybridized carbons (Fsp3) is 0.211. The Morgan fingerprint density at radius 2 is 1.83 bits per heavy atom.